The maximum atomic E-state index is 9.36. The van der Waals surface area contributed by atoms with Crippen LogP contribution in [0.2, 0.25) is 0 Å². The summed E-state index contributed by atoms with van der Waals surface area (Å²) in [5.41, 5.74) is 7.14. The fourth-order valence-electron chi connectivity index (χ4n) is 0.985. The summed E-state index contributed by atoms with van der Waals surface area (Å²) in [4.78, 5) is 3.91. The maximum absolute atomic E-state index is 9.36. The molecule has 3 heteroatoms. The zero-order valence-corrected chi connectivity index (χ0v) is 6.49. The van der Waals surface area contributed by atoms with E-state index in [1.165, 1.54) is 0 Å². The van der Waals surface area contributed by atoms with Crippen LogP contribution >= 0.6 is 0 Å². The molecule has 1 aromatic heterocycles. The van der Waals surface area contributed by atoms with Crippen molar-refractivity contribution in [3.05, 3.63) is 29.6 Å². The van der Waals surface area contributed by atoms with Crippen LogP contribution in [0.4, 0.5) is 0 Å². The number of aromatic nitrogens is 1. The fraction of sp³-hybridized carbons (Fsp3) is 0.375. The summed E-state index contributed by atoms with van der Waals surface area (Å²) in [5, 5.41) is 9.36. The van der Waals surface area contributed by atoms with Gasteiger partial charge in [-0.25, -0.2) is 0 Å². The Morgan fingerprint density at radius 3 is 3.00 bits per heavy atom. The summed E-state index contributed by atoms with van der Waals surface area (Å²) in [7, 11) is 0. The Hall–Kier alpha value is -0.930. The molecule has 0 amide bonds. The molecule has 0 aliphatic carbocycles. The van der Waals surface area contributed by atoms with Gasteiger partial charge in [-0.15, -0.1) is 0 Å². The van der Waals surface area contributed by atoms with Crippen molar-refractivity contribution in [1.29, 1.82) is 0 Å². The number of hydrogen-bond acceptors (Lipinski definition) is 3. The van der Waals surface area contributed by atoms with Crippen LogP contribution in [-0.4, -0.2) is 16.6 Å². The number of aliphatic hydroxyl groups excluding tert-OH is 1. The van der Waals surface area contributed by atoms with Crippen LogP contribution in [0.15, 0.2) is 18.5 Å². The Bertz CT molecular complexity index is 237. The molecule has 0 unspecified atom stereocenters. The van der Waals surface area contributed by atoms with Crippen molar-refractivity contribution in [3.8, 4) is 0 Å². The lowest BCUT2D eigenvalue weighted by molar-refractivity contribution is 0.186. The van der Waals surface area contributed by atoms with E-state index in [2.05, 4.69) is 4.98 Å². The highest BCUT2D eigenvalue weighted by Gasteiger charge is 2.06. The summed E-state index contributed by atoms with van der Waals surface area (Å²) >= 11 is 0. The summed E-state index contributed by atoms with van der Waals surface area (Å²) in [6.45, 7) is 2.16. The Kier molecular flexibility index (Phi) is 2.57. The zero-order chi connectivity index (χ0) is 8.27. The van der Waals surface area contributed by atoms with Crippen LogP contribution in [0, 0.1) is 6.92 Å². The molecule has 0 aliphatic rings. The molecule has 1 heterocycles. The van der Waals surface area contributed by atoms with E-state index >= 15 is 0 Å². The SMILES string of the molecule is Cc1cnccc1[C@H](O)CN. The minimum atomic E-state index is -0.557. The molecule has 0 aliphatic heterocycles. The maximum Gasteiger partial charge on any atom is 0.0915 e. The molecule has 0 saturated carbocycles. The smallest absolute Gasteiger partial charge is 0.0915 e. The third-order valence-electron chi connectivity index (χ3n) is 1.65. The van der Waals surface area contributed by atoms with Gasteiger partial charge in [-0.1, -0.05) is 0 Å². The molecule has 3 nitrogen and oxygen atoms in total. The molecule has 60 valence electrons. The predicted octanol–water partition coefficient (Wildman–Crippen LogP) is 0.382. The quantitative estimate of drug-likeness (QED) is 0.644. The number of pyridine rings is 1. The monoisotopic (exact) mass is 152 g/mol. The first-order chi connectivity index (χ1) is 5.25. The van der Waals surface area contributed by atoms with Gasteiger partial charge in [0.15, 0.2) is 0 Å². The minimum absolute atomic E-state index is 0.255. The number of nitrogens with zero attached hydrogens (tertiary/aromatic N) is 1. The van der Waals surface area contributed by atoms with Gasteiger partial charge in [-0.05, 0) is 24.1 Å². The van der Waals surface area contributed by atoms with Gasteiger partial charge in [0.1, 0.15) is 0 Å². The molecule has 0 saturated heterocycles. The average Bonchev–Trinajstić information content (AvgIpc) is 2.04. The van der Waals surface area contributed by atoms with Gasteiger partial charge in [0.25, 0.3) is 0 Å². The van der Waals surface area contributed by atoms with Crippen molar-refractivity contribution in [2.75, 3.05) is 6.54 Å². The molecule has 0 fully saturated rings. The zero-order valence-electron chi connectivity index (χ0n) is 6.49. The Morgan fingerprint density at radius 2 is 2.45 bits per heavy atom. The number of aryl methyl sites for hydroxylation is 1. The first kappa shape index (κ1) is 8.17. The topological polar surface area (TPSA) is 59.1 Å². The van der Waals surface area contributed by atoms with Crippen molar-refractivity contribution >= 4 is 0 Å². The van der Waals surface area contributed by atoms with Crippen LogP contribution in [0.1, 0.15) is 17.2 Å². The van der Waals surface area contributed by atoms with E-state index in [1.54, 1.807) is 18.5 Å². The normalized spacial score (nSPS) is 13.0. The Balaban J connectivity index is 2.93. The molecule has 0 aromatic carbocycles. The second-order valence-electron chi connectivity index (χ2n) is 2.48. The molecule has 1 atom stereocenters. The number of hydrogen-bond donors (Lipinski definition) is 2. The van der Waals surface area contributed by atoms with Gasteiger partial charge in [-0.3, -0.25) is 4.98 Å². The molecule has 11 heavy (non-hydrogen) atoms. The predicted molar refractivity (Wildman–Crippen MR) is 43.0 cm³/mol. The van der Waals surface area contributed by atoms with Crippen molar-refractivity contribution in [1.82, 2.24) is 4.98 Å². The lowest BCUT2D eigenvalue weighted by Gasteiger charge is -2.09. The van der Waals surface area contributed by atoms with E-state index in [1.807, 2.05) is 6.92 Å². The number of aliphatic hydroxyl groups is 1. The molecule has 0 bridgehead atoms. The number of rotatable bonds is 2. The van der Waals surface area contributed by atoms with Gasteiger partial charge in [-0.2, -0.15) is 0 Å². The molecular formula is C8H12N2O. The summed E-state index contributed by atoms with van der Waals surface area (Å²) < 4.78 is 0. The highest BCUT2D eigenvalue weighted by atomic mass is 16.3. The summed E-state index contributed by atoms with van der Waals surface area (Å²) in [5.74, 6) is 0. The molecule has 3 N–H and O–H groups in total. The second kappa shape index (κ2) is 3.46. The van der Waals surface area contributed by atoms with E-state index in [0.717, 1.165) is 11.1 Å². The lowest BCUT2D eigenvalue weighted by atomic mass is 10.1. The molecule has 1 aromatic rings. The van der Waals surface area contributed by atoms with E-state index in [4.69, 9.17) is 5.73 Å². The Labute approximate surface area is 65.9 Å². The molecule has 1 rings (SSSR count). The van der Waals surface area contributed by atoms with E-state index in [0.29, 0.717) is 0 Å². The first-order valence-electron chi connectivity index (χ1n) is 3.54. The lowest BCUT2D eigenvalue weighted by Crippen LogP contribution is -2.12. The summed E-state index contributed by atoms with van der Waals surface area (Å²) in [6, 6.07) is 1.78. The van der Waals surface area contributed by atoms with Crippen LogP contribution in [0.5, 0.6) is 0 Å². The molecule has 0 radical (unpaired) electrons. The van der Waals surface area contributed by atoms with Crippen LogP contribution < -0.4 is 5.73 Å². The highest BCUT2D eigenvalue weighted by molar-refractivity contribution is 5.23. The second-order valence-corrected chi connectivity index (χ2v) is 2.48. The van der Waals surface area contributed by atoms with Gasteiger partial charge in [0.2, 0.25) is 0 Å². The third kappa shape index (κ3) is 1.76. The van der Waals surface area contributed by atoms with Crippen LogP contribution in [0.25, 0.3) is 0 Å². The van der Waals surface area contributed by atoms with Crippen molar-refractivity contribution < 1.29 is 5.11 Å². The average molecular weight is 152 g/mol. The van der Waals surface area contributed by atoms with Crippen molar-refractivity contribution in [2.45, 2.75) is 13.0 Å². The Morgan fingerprint density at radius 1 is 1.73 bits per heavy atom. The van der Waals surface area contributed by atoms with Gasteiger partial charge in [0.05, 0.1) is 6.10 Å². The van der Waals surface area contributed by atoms with Gasteiger partial charge in [0, 0.05) is 18.9 Å². The van der Waals surface area contributed by atoms with E-state index in [9.17, 15) is 5.11 Å². The highest BCUT2D eigenvalue weighted by Crippen LogP contribution is 2.13. The van der Waals surface area contributed by atoms with E-state index < -0.39 is 6.10 Å². The van der Waals surface area contributed by atoms with Gasteiger partial charge < -0.3 is 10.8 Å². The summed E-state index contributed by atoms with van der Waals surface area (Å²) in [6.07, 6.45) is 2.81. The van der Waals surface area contributed by atoms with Crippen molar-refractivity contribution in [2.24, 2.45) is 5.73 Å². The first-order valence-corrected chi connectivity index (χ1v) is 3.54. The fourth-order valence-corrected chi connectivity index (χ4v) is 0.985. The van der Waals surface area contributed by atoms with Crippen LogP contribution in [0.3, 0.4) is 0 Å². The third-order valence-corrected chi connectivity index (χ3v) is 1.65. The minimum Gasteiger partial charge on any atom is -0.387 e. The number of nitrogens with two attached hydrogens (primary N) is 1. The van der Waals surface area contributed by atoms with Gasteiger partial charge >= 0.3 is 0 Å². The van der Waals surface area contributed by atoms with E-state index in [-0.39, 0.29) is 6.54 Å². The molecule has 0 spiro atoms. The largest absolute Gasteiger partial charge is 0.387 e. The van der Waals surface area contributed by atoms with Crippen LogP contribution in [-0.2, 0) is 0 Å². The standard InChI is InChI=1S/C8H12N2O/c1-6-5-10-3-2-7(6)8(11)4-9/h2-3,5,8,11H,4,9H2,1H3/t8-/m1/s1. The van der Waals surface area contributed by atoms with Crippen molar-refractivity contribution in [3.63, 3.8) is 0 Å². The molecular weight excluding hydrogens is 140 g/mol.